The monoisotopic (exact) mass is 300 g/mol. The third kappa shape index (κ3) is 2.56. The molecule has 118 valence electrons. The quantitative estimate of drug-likeness (QED) is 0.757. The molecular formula is C18H26N3O+. The summed E-state index contributed by atoms with van der Waals surface area (Å²) in [7, 11) is 0. The molecule has 0 bridgehead atoms. The molecule has 0 saturated carbocycles. The Kier molecular flexibility index (Phi) is 3.60. The van der Waals surface area contributed by atoms with Gasteiger partial charge in [0, 0.05) is 5.10 Å². The van der Waals surface area contributed by atoms with Crippen molar-refractivity contribution >= 4 is 0 Å². The van der Waals surface area contributed by atoms with Crippen LogP contribution >= 0.6 is 0 Å². The van der Waals surface area contributed by atoms with Crippen molar-refractivity contribution in [3.8, 4) is 5.69 Å². The van der Waals surface area contributed by atoms with Gasteiger partial charge in [-0.15, -0.1) is 0 Å². The fraction of sp³-hybridized carbons (Fsp3) is 0.556. The van der Waals surface area contributed by atoms with Gasteiger partial charge in [-0.05, 0) is 37.3 Å². The molecule has 3 rings (SSSR count). The minimum absolute atomic E-state index is 0.144. The van der Waals surface area contributed by atoms with E-state index in [0.717, 1.165) is 12.4 Å². The Hall–Kier alpha value is -1.68. The number of hydrogen-bond donors (Lipinski definition) is 0. The van der Waals surface area contributed by atoms with Crippen molar-refractivity contribution in [2.75, 3.05) is 6.61 Å². The molecule has 0 saturated heterocycles. The van der Waals surface area contributed by atoms with Gasteiger partial charge in [0.1, 0.15) is 18.3 Å². The fourth-order valence-electron chi connectivity index (χ4n) is 3.40. The Morgan fingerprint density at radius 2 is 1.82 bits per heavy atom. The summed E-state index contributed by atoms with van der Waals surface area (Å²) in [6, 6.07) is 4.74. The maximum atomic E-state index is 5.77. The summed E-state index contributed by atoms with van der Waals surface area (Å²) < 4.78 is 10.1. The molecule has 2 heterocycles. The first-order chi connectivity index (χ1) is 10.3. The lowest BCUT2D eigenvalue weighted by molar-refractivity contribution is -0.755. The van der Waals surface area contributed by atoms with Gasteiger partial charge in [-0.1, -0.05) is 43.1 Å². The standard InChI is InChI=1S/C18H26N3O/c1-12-7-13(2)17(14(3)8-12)21-11-20-15(18(4,5)6)9-22-10-16(20)19-21/h7-8,11,15H,9-10H2,1-6H3/q+1/t15-/m0/s1. The molecule has 22 heavy (non-hydrogen) atoms. The highest BCUT2D eigenvalue weighted by atomic mass is 16.5. The third-order valence-electron chi connectivity index (χ3n) is 4.46. The maximum Gasteiger partial charge on any atom is 0.304 e. The van der Waals surface area contributed by atoms with E-state index in [2.05, 4.69) is 64.6 Å². The van der Waals surface area contributed by atoms with E-state index in [1.54, 1.807) is 0 Å². The number of rotatable bonds is 1. The summed E-state index contributed by atoms with van der Waals surface area (Å²) in [5.41, 5.74) is 5.13. The van der Waals surface area contributed by atoms with E-state index < -0.39 is 0 Å². The number of aryl methyl sites for hydroxylation is 3. The Bertz CT molecular complexity index is 687. The van der Waals surface area contributed by atoms with Crippen LogP contribution in [0.2, 0.25) is 0 Å². The zero-order valence-corrected chi connectivity index (χ0v) is 14.5. The van der Waals surface area contributed by atoms with Crippen LogP contribution in [0.15, 0.2) is 18.5 Å². The minimum Gasteiger partial charge on any atom is -0.367 e. The third-order valence-corrected chi connectivity index (χ3v) is 4.46. The molecule has 0 amide bonds. The second-order valence-corrected chi connectivity index (χ2v) is 7.53. The lowest BCUT2D eigenvalue weighted by Gasteiger charge is -2.31. The first kappa shape index (κ1) is 15.2. The highest BCUT2D eigenvalue weighted by Crippen LogP contribution is 2.29. The molecule has 1 aliphatic rings. The number of aromatic nitrogens is 3. The molecule has 1 aromatic carbocycles. The first-order valence-corrected chi connectivity index (χ1v) is 7.93. The van der Waals surface area contributed by atoms with Gasteiger partial charge in [-0.25, -0.2) is 4.57 Å². The van der Waals surface area contributed by atoms with Gasteiger partial charge in [0.05, 0.1) is 6.61 Å². The van der Waals surface area contributed by atoms with Crippen LogP contribution in [0.25, 0.3) is 5.69 Å². The number of fused-ring (bicyclic) bond motifs is 1. The van der Waals surface area contributed by atoms with Crippen LogP contribution in [0.1, 0.15) is 49.3 Å². The predicted octanol–water partition coefficient (Wildman–Crippen LogP) is 3.20. The molecule has 0 fully saturated rings. The predicted molar refractivity (Wildman–Crippen MR) is 86.1 cm³/mol. The molecule has 4 heteroatoms. The van der Waals surface area contributed by atoms with E-state index in [1.165, 1.54) is 22.4 Å². The first-order valence-electron chi connectivity index (χ1n) is 7.93. The molecule has 0 N–H and O–H groups in total. The van der Waals surface area contributed by atoms with Gasteiger partial charge in [0.2, 0.25) is 6.33 Å². The molecule has 1 aromatic heterocycles. The zero-order valence-electron chi connectivity index (χ0n) is 14.5. The van der Waals surface area contributed by atoms with Crippen LogP contribution in [0.4, 0.5) is 0 Å². The largest absolute Gasteiger partial charge is 0.367 e. The summed E-state index contributed by atoms with van der Waals surface area (Å²) in [5, 5.41) is 4.79. The van der Waals surface area contributed by atoms with Gasteiger partial charge < -0.3 is 4.74 Å². The summed E-state index contributed by atoms with van der Waals surface area (Å²) in [5.74, 6) is 1.01. The number of benzene rings is 1. The fourth-order valence-corrected chi connectivity index (χ4v) is 3.40. The van der Waals surface area contributed by atoms with Crippen molar-refractivity contribution in [3.05, 3.63) is 41.0 Å². The van der Waals surface area contributed by atoms with E-state index in [4.69, 9.17) is 9.84 Å². The number of hydrogen-bond acceptors (Lipinski definition) is 2. The van der Waals surface area contributed by atoms with Crippen molar-refractivity contribution in [2.24, 2.45) is 5.41 Å². The van der Waals surface area contributed by atoms with Crippen LogP contribution in [0.3, 0.4) is 0 Å². The van der Waals surface area contributed by atoms with E-state index in [0.29, 0.717) is 12.6 Å². The van der Waals surface area contributed by atoms with Gasteiger partial charge in [0.15, 0.2) is 0 Å². The van der Waals surface area contributed by atoms with Crippen molar-refractivity contribution in [3.63, 3.8) is 0 Å². The highest BCUT2D eigenvalue weighted by molar-refractivity contribution is 5.48. The molecule has 2 aromatic rings. The van der Waals surface area contributed by atoms with E-state index in [9.17, 15) is 0 Å². The molecule has 0 radical (unpaired) electrons. The second-order valence-electron chi connectivity index (χ2n) is 7.53. The van der Waals surface area contributed by atoms with Crippen LogP contribution < -0.4 is 4.57 Å². The van der Waals surface area contributed by atoms with Crippen LogP contribution in [0.5, 0.6) is 0 Å². The summed E-state index contributed by atoms with van der Waals surface area (Å²) in [6.07, 6.45) is 2.14. The molecule has 1 aliphatic heterocycles. The molecule has 0 spiro atoms. The molecule has 0 unspecified atom stereocenters. The highest BCUT2D eigenvalue weighted by Gasteiger charge is 2.37. The van der Waals surface area contributed by atoms with Crippen molar-refractivity contribution in [1.29, 1.82) is 0 Å². The smallest absolute Gasteiger partial charge is 0.304 e. The van der Waals surface area contributed by atoms with Crippen molar-refractivity contribution < 1.29 is 9.30 Å². The van der Waals surface area contributed by atoms with Gasteiger partial charge in [-0.3, -0.25) is 0 Å². The van der Waals surface area contributed by atoms with Gasteiger partial charge in [0.25, 0.3) is 0 Å². The summed E-state index contributed by atoms with van der Waals surface area (Å²) in [4.78, 5) is 0. The lowest BCUT2D eigenvalue weighted by atomic mass is 9.86. The van der Waals surface area contributed by atoms with Gasteiger partial charge in [-0.2, -0.15) is 0 Å². The summed E-state index contributed by atoms with van der Waals surface area (Å²) in [6.45, 7) is 14.5. The normalized spacial score (nSPS) is 18.4. The topological polar surface area (TPSA) is 30.9 Å². The lowest BCUT2D eigenvalue weighted by Crippen LogP contribution is -2.53. The van der Waals surface area contributed by atoms with E-state index in [1.807, 2.05) is 4.68 Å². The van der Waals surface area contributed by atoms with Crippen molar-refractivity contribution in [2.45, 2.75) is 54.2 Å². The van der Waals surface area contributed by atoms with Gasteiger partial charge >= 0.3 is 5.82 Å². The molecule has 1 atom stereocenters. The summed E-state index contributed by atoms with van der Waals surface area (Å²) >= 11 is 0. The zero-order chi connectivity index (χ0) is 16.1. The van der Waals surface area contributed by atoms with Crippen LogP contribution in [0, 0.1) is 26.2 Å². The minimum atomic E-state index is 0.144. The van der Waals surface area contributed by atoms with Crippen LogP contribution in [-0.2, 0) is 11.3 Å². The average molecular weight is 300 g/mol. The number of ether oxygens (including phenoxy) is 1. The second kappa shape index (κ2) is 5.20. The Morgan fingerprint density at radius 3 is 2.41 bits per heavy atom. The SMILES string of the molecule is Cc1cc(C)c(-n2c[n+]3c(n2)COC[C@H]3C(C)(C)C)c(C)c1. The average Bonchev–Trinajstić information content (AvgIpc) is 2.78. The molecule has 0 aliphatic carbocycles. The van der Waals surface area contributed by atoms with E-state index in [-0.39, 0.29) is 5.41 Å². The molecular weight excluding hydrogens is 274 g/mol. The number of nitrogens with zero attached hydrogens (tertiary/aromatic N) is 3. The molecule has 4 nitrogen and oxygen atoms in total. The van der Waals surface area contributed by atoms with Crippen LogP contribution in [-0.4, -0.2) is 16.4 Å². The van der Waals surface area contributed by atoms with Crippen molar-refractivity contribution in [1.82, 2.24) is 9.78 Å². The Morgan fingerprint density at radius 1 is 1.18 bits per heavy atom. The Balaban J connectivity index is 2.11. The van der Waals surface area contributed by atoms with E-state index >= 15 is 0 Å². The Labute approximate surface area is 132 Å². The maximum absolute atomic E-state index is 5.77.